The van der Waals surface area contributed by atoms with Crippen molar-refractivity contribution in [3.63, 3.8) is 0 Å². The van der Waals surface area contributed by atoms with Crippen LogP contribution in [0, 0.1) is 17.5 Å². The Hall–Kier alpha value is -0.550. The zero-order valence-electron chi connectivity index (χ0n) is 8.37. The molecule has 0 bridgehead atoms. The lowest BCUT2D eigenvalue weighted by molar-refractivity contribution is 0.463. The molecule has 0 aliphatic rings. The van der Waals surface area contributed by atoms with Gasteiger partial charge in [-0.05, 0) is 47.8 Å². The summed E-state index contributed by atoms with van der Waals surface area (Å²) in [7, 11) is 0. The van der Waals surface area contributed by atoms with E-state index in [0.29, 0.717) is 0 Å². The van der Waals surface area contributed by atoms with Crippen LogP contribution in [0.1, 0.15) is 19.4 Å². The van der Waals surface area contributed by atoms with E-state index in [-0.39, 0.29) is 12.0 Å². The highest BCUT2D eigenvalue weighted by Gasteiger charge is 2.20. The van der Waals surface area contributed by atoms with Crippen molar-refractivity contribution in [2.75, 3.05) is 0 Å². The lowest BCUT2D eigenvalue weighted by atomic mass is 9.96. The molecule has 0 aromatic heterocycles. The summed E-state index contributed by atoms with van der Waals surface area (Å²) in [5.41, 5.74) is 5.06. The fourth-order valence-corrected chi connectivity index (χ4v) is 1.69. The zero-order valence-corrected chi connectivity index (χ0v) is 9.96. The van der Waals surface area contributed by atoms with Gasteiger partial charge in [0.15, 0.2) is 11.6 Å². The number of benzene rings is 1. The fourth-order valence-electron chi connectivity index (χ4n) is 1.24. The maximum absolute atomic E-state index is 13.5. The molecule has 84 valence electrons. The van der Waals surface area contributed by atoms with Crippen molar-refractivity contribution in [2.45, 2.75) is 25.8 Å². The smallest absolute Gasteiger partial charge is 0.175 e. The minimum absolute atomic E-state index is 0.0632. The van der Waals surface area contributed by atoms with Gasteiger partial charge in [-0.15, -0.1) is 0 Å². The van der Waals surface area contributed by atoms with Crippen LogP contribution in [0.3, 0.4) is 0 Å². The Kier molecular flexibility index (Phi) is 3.45. The number of halogens is 4. The third kappa shape index (κ3) is 2.95. The first-order chi connectivity index (χ1) is 6.72. The van der Waals surface area contributed by atoms with Crippen LogP contribution in [0.15, 0.2) is 10.5 Å². The molecular weight excluding hydrogens is 271 g/mol. The van der Waals surface area contributed by atoms with Crippen molar-refractivity contribution < 1.29 is 13.2 Å². The standard InChI is InChI=1S/C10H11BrF3N/c1-10(2,15)4-5-3-6(12)9(14)7(11)8(5)13/h3H,4,15H2,1-2H3. The van der Waals surface area contributed by atoms with Gasteiger partial charge in [-0.1, -0.05) is 0 Å². The second-order valence-electron chi connectivity index (χ2n) is 4.12. The molecule has 0 aliphatic carbocycles. The van der Waals surface area contributed by atoms with Gasteiger partial charge in [-0.2, -0.15) is 0 Å². The molecule has 0 amide bonds. The van der Waals surface area contributed by atoms with Crippen LogP contribution in [0.5, 0.6) is 0 Å². The molecule has 0 atom stereocenters. The van der Waals surface area contributed by atoms with Crippen molar-refractivity contribution in [3.05, 3.63) is 33.6 Å². The van der Waals surface area contributed by atoms with Crippen LogP contribution < -0.4 is 5.73 Å². The van der Waals surface area contributed by atoms with Gasteiger partial charge >= 0.3 is 0 Å². The first-order valence-corrected chi connectivity index (χ1v) is 5.12. The summed E-state index contributed by atoms with van der Waals surface area (Å²) in [5, 5.41) is 0. The topological polar surface area (TPSA) is 26.0 Å². The van der Waals surface area contributed by atoms with Gasteiger partial charge in [0, 0.05) is 5.54 Å². The molecule has 0 radical (unpaired) electrons. The average molecular weight is 282 g/mol. The fraction of sp³-hybridized carbons (Fsp3) is 0.400. The molecule has 0 aliphatic heterocycles. The Morgan fingerprint density at radius 1 is 1.27 bits per heavy atom. The monoisotopic (exact) mass is 281 g/mol. The molecule has 0 heterocycles. The predicted molar refractivity (Wildman–Crippen MR) is 56.0 cm³/mol. The van der Waals surface area contributed by atoms with Crippen LogP contribution in [0.2, 0.25) is 0 Å². The summed E-state index contributed by atoms with van der Waals surface area (Å²) in [4.78, 5) is 0. The second kappa shape index (κ2) is 4.14. The molecule has 0 fully saturated rings. The molecule has 1 nitrogen and oxygen atoms in total. The van der Waals surface area contributed by atoms with Gasteiger partial charge in [-0.3, -0.25) is 0 Å². The van der Waals surface area contributed by atoms with Crippen LogP contribution >= 0.6 is 15.9 Å². The highest BCUT2D eigenvalue weighted by Crippen LogP contribution is 2.26. The minimum atomic E-state index is -1.22. The van der Waals surface area contributed by atoms with Gasteiger partial charge in [0.2, 0.25) is 0 Å². The van der Waals surface area contributed by atoms with E-state index in [2.05, 4.69) is 15.9 Å². The largest absolute Gasteiger partial charge is 0.325 e. The SMILES string of the molecule is CC(C)(N)Cc1cc(F)c(F)c(Br)c1F. The van der Waals surface area contributed by atoms with E-state index in [0.717, 1.165) is 6.07 Å². The molecule has 0 saturated heterocycles. The predicted octanol–water partition coefficient (Wildman–Crippen LogP) is 3.15. The third-order valence-corrected chi connectivity index (χ3v) is 2.52. The van der Waals surface area contributed by atoms with E-state index in [1.165, 1.54) is 0 Å². The Morgan fingerprint density at radius 2 is 1.80 bits per heavy atom. The Labute approximate surface area is 94.6 Å². The Bertz CT molecular complexity index is 385. The maximum Gasteiger partial charge on any atom is 0.175 e. The van der Waals surface area contributed by atoms with E-state index in [1.54, 1.807) is 13.8 Å². The molecule has 1 rings (SSSR count). The summed E-state index contributed by atoms with van der Waals surface area (Å²) >= 11 is 2.66. The number of hydrogen-bond acceptors (Lipinski definition) is 1. The van der Waals surface area contributed by atoms with Crippen LogP contribution in [0.4, 0.5) is 13.2 Å². The minimum Gasteiger partial charge on any atom is -0.325 e. The number of hydrogen-bond donors (Lipinski definition) is 1. The molecular formula is C10H11BrF3N. The first-order valence-electron chi connectivity index (χ1n) is 4.33. The summed E-state index contributed by atoms with van der Waals surface area (Å²) in [6.07, 6.45) is 0.134. The normalized spacial score (nSPS) is 11.9. The number of rotatable bonds is 2. The van der Waals surface area contributed by atoms with Gasteiger partial charge in [-0.25, -0.2) is 13.2 Å². The highest BCUT2D eigenvalue weighted by atomic mass is 79.9. The molecule has 1 aromatic rings. The van der Waals surface area contributed by atoms with Crippen molar-refractivity contribution in [2.24, 2.45) is 5.73 Å². The first kappa shape index (κ1) is 12.5. The van der Waals surface area contributed by atoms with E-state index in [1.807, 2.05) is 0 Å². The molecule has 15 heavy (non-hydrogen) atoms. The van der Waals surface area contributed by atoms with E-state index < -0.39 is 27.5 Å². The van der Waals surface area contributed by atoms with Crippen molar-refractivity contribution in [1.82, 2.24) is 0 Å². The van der Waals surface area contributed by atoms with Crippen molar-refractivity contribution >= 4 is 15.9 Å². The van der Waals surface area contributed by atoms with Gasteiger partial charge in [0.1, 0.15) is 5.82 Å². The van der Waals surface area contributed by atoms with Crippen LogP contribution in [0.25, 0.3) is 0 Å². The lowest BCUT2D eigenvalue weighted by Gasteiger charge is -2.19. The molecule has 0 spiro atoms. The third-order valence-electron chi connectivity index (χ3n) is 1.82. The zero-order chi connectivity index (χ0) is 11.8. The second-order valence-corrected chi connectivity index (χ2v) is 4.92. The number of nitrogens with two attached hydrogens (primary N) is 1. The molecule has 1 aromatic carbocycles. The van der Waals surface area contributed by atoms with Crippen LogP contribution in [-0.2, 0) is 6.42 Å². The van der Waals surface area contributed by atoms with Crippen molar-refractivity contribution in [3.8, 4) is 0 Å². The quantitative estimate of drug-likeness (QED) is 0.654. The van der Waals surface area contributed by atoms with E-state index >= 15 is 0 Å². The molecule has 0 saturated carbocycles. The van der Waals surface area contributed by atoms with Gasteiger partial charge < -0.3 is 5.73 Å². The van der Waals surface area contributed by atoms with Crippen molar-refractivity contribution in [1.29, 1.82) is 0 Å². The highest BCUT2D eigenvalue weighted by molar-refractivity contribution is 9.10. The summed E-state index contributed by atoms with van der Waals surface area (Å²) < 4.78 is 38.9. The van der Waals surface area contributed by atoms with Crippen LogP contribution in [-0.4, -0.2) is 5.54 Å². The molecule has 0 unspecified atom stereocenters. The summed E-state index contributed by atoms with van der Waals surface area (Å²) in [6.45, 7) is 3.36. The average Bonchev–Trinajstić information content (AvgIpc) is 2.08. The Morgan fingerprint density at radius 3 is 2.27 bits per heavy atom. The Balaban J connectivity index is 3.21. The van der Waals surface area contributed by atoms with Gasteiger partial charge in [0.25, 0.3) is 0 Å². The van der Waals surface area contributed by atoms with Gasteiger partial charge in [0.05, 0.1) is 4.47 Å². The summed E-state index contributed by atoms with van der Waals surface area (Å²) in [5.74, 6) is -3.10. The van der Waals surface area contributed by atoms with E-state index in [9.17, 15) is 13.2 Å². The lowest BCUT2D eigenvalue weighted by Crippen LogP contribution is -2.34. The summed E-state index contributed by atoms with van der Waals surface area (Å²) in [6, 6.07) is 0.837. The maximum atomic E-state index is 13.5. The molecule has 5 heteroatoms. The van der Waals surface area contributed by atoms with E-state index in [4.69, 9.17) is 5.73 Å². The molecule has 2 N–H and O–H groups in total.